The summed E-state index contributed by atoms with van der Waals surface area (Å²) >= 11 is 0. The number of nitrogens with one attached hydrogen (secondary N) is 2. The Balaban J connectivity index is 1.18. The molecule has 0 spiro atoms. The van der Waals surface area contributed by atoms with Crippen LogP contribution in [0.4, 0.5) is 5.82 Å². The molecule has 2 unspecified atom stereocenters. The van der Waals surface area contributed by atoms with Crippen LogP contribution in [0.2, 0.25) is 0 Å². The van der Waals surface area contributed by atoms with E-state index in [1.807, 2.05) is 30.7 Å². The van der Waals surface area contributed by atoms with Crippen molar-refractivity contribution in [1.29, 1.82) is 10.7 Å². The first-order valence-corrected chi connectivity index (χ1v) is 13.1. The number of anilines is 1. The van der Waals surface area contributed by atoms with Crippen LogP contribution in [0.3, 0.4) is 0 Å². The summed E-state index contributed by atoms with van der Waals surface area (Å²) in [5, 5.41) is 20.6. The highest BCUT2D eigenvalue weighted by Crippen LogP contribution is 2.36. The number of fused-ring (bicyclic) bond motifs is 2. The van der Waals surface area contributed by atoms with Crippen molar-refractivity contribution in [2.45, 2.75) is 31.5 Å². The monoisotopic (exact) mass is 522 g/mol. The normalized spacial score (nSPS) is 23.8. The van der Waals surface area contributed by atoms with Crippen molar-refractivity contribution in [2.24, 2.45) is 0 Å². The lowest BCUT2D eigenvalue weighted by Gasteiger charge is -2.56. The van der Waals surface area contributed by atoms with E-state index in [1.165, 1.54) is 17.6 Å². The molecule has 0 radical (unpaired) electrons. The van der Waals surface area contributed by atoms with E-state index in [2.05, 4.69) is 38.3 Å². The topological polar surface area (TPSA) is 123 Å². The van der Waals surface area contributed by atoms with E-state index < -0.39 is 0 Å². The van der Waals surface area contributed by atoms with Crippen LogP contribution in [-0.4, -0.2) is 71.6 Å². The van der Waals surface area contributed by atoms with Gasteiger partial charge >= 0.3 is 0 Å². The minimum Gasteiger partial charge on any atom is -0.481 e. The van der Waals surface area contributed by atoms with Gasteiger partial charge in [0.1, 0.15) is 11.9 Å². The molecule has 0 aromatic carbocycles. The van der Waals surface area contributed by atoms with Gasteiger partial charge in [-0.3, -0.25) is 9.88 Å². The molecular weight excluding hydrogens is 492 g/mol. The predicted octanol–water partition coefficient (Wildman–Crippen LogP) is 2.99. The molecule has 2 bridgehead atoms. The Kier molecular flexibility index (Phi) is 6.92. The molecule has 3 saturated heterocycles. The molecule has 5 aliphatic heterocycles. The Morgan fingerprint density at radius 2 is 2.10 bits per heavy atom. The average molecular weight is 523 g/mol. The van der Waals surface area contributed by atoms with Crippen LogP contribution in [0, 0.1) is 16.7 Å². The lowest BCUT2D eigenvalue weighted by Crippen LogP contribution is -2.68. The highest BCUT2D eigenvalue weighted by atomic mass is 16.5. The van der Waals surface area contributed by atoms with Crippen LogP contribution >= 0.6 is 0 Å². The minimum absolute atomic E-state index is 0.242. The summed E-state index contributed by atoms with van der Waals surface area (Å²) in [5.74, 6) is 1.48. The summed E-state index contributed by atoms with van der Waals surface area (Å²) in [5.41, 5.74) is 5.61. The van der Waals surface area contributed by atoms with Gasteiger partial charge in [0.25, 0.3) is 0 Å². The Hall–Kier alpha value is -4.33. The van der Waals surface area contributed by atoms with E-state index in [0.717, 1.165) is 49.2 Å². The number of pyridine rings is 1. The molecule has 10 nitrogen and oxygen atoms in total. The van der Waals surface area contributed by atoms with E-state index in [9.17, 15) is 5.26 Å². The maximum atomic E-state index is 9.61. The standard InChI is InChI=1S/C29H30N8O2/c1-38-28-3-2-19(12-34-28)16-37-23-9-24(37)18-36(17-23)27-15-32-26(14-33-27)25-8-21(20-4-6-39-7-5-20)13-35-29(25)22(10-30)11-31/h2-4,8,10,12-15,23-24,30,35H,5-7,9,16-18H2,1H3/b29-22+,30-10?. The molecule has 2 aromatic heterocycles. The van der Waals surface area contributed by atoms with Gasteiger partial charge in [-0.2, -0.15) is 5.26 Å². The number of nitrogens with zero attached hydrogens (tertiary/aromatic N) is 6. The molecule has 2 aromatic rings. The Morgan fingerprint density at radius 3 is 2.74 bits per heavy atom. The molecule has 7 heterocycles. The number of dihydropyridines is 1. The van der Waals surface area contributed by atoms with Gasteiger partial charge < -0.3 is 25.1 Å². The second-order valence-corrected chi connectivity index (χ2v) is 9.99. The second-order valence-electron chi connectivity index (χ2n) is 9.99. The molecule has 2 atom stereocenters. The van der Waals surface area contributed by atoms with Crippen molar-refractivity contribution in [3.63, 3.8) is 0 Å². The number of methoxy groups -OCH3 is 1. The molecule has 2 N–H and O–H groups in total. The largest absolute Gasteiger partial charge is 0.481 e. The molecule has 7 rings (SSSR count). The van der Waals surface area contributed by atoms with Crippen molar-refractivity contribution in [3.05, 3.63) is 82.7 Å². The number of allylic oxidation sites excluding steroid dienone is 4. The third-order valence-electron chi connectivity index (χ3n) is 7.76. The molecule has 198 valence electrons. The first-order chi connectivity index (χ1) is 19.2. The van der Waals surface area contributed by atoms with Crippen molar-refractivity contribution in [3.8, 4) is 11.9 Å². The minimum atomic E-state index is 0.242. The third-order valence-corrected chi connectivity index (χ3v) is 7.76. The molecular formula is C29H30N8O2. The molecule has 5 aliphatic rings. The Labute approximate surface area is 227 Å². The summed E-state index contributed by atoms with van der Waals surface area (Å²) in [6.07, 6.45) is 14.5. The highest BCUT2D eigenvalue weighted by molar-refractivity contribution is 5.92. The summed E-state index contributed by atoms with van der Waals surface area (Å²) in [6.45, 7) is 3.95. The van der Waals surface area contributed by atoms with E-state index in [1.54, 1.807) is 13.3 Å². The van der Waals surface area contributed by atoms with E-state index in [0.29, 0.717) is 42.6 Å². The molecule has 0 saturated carbocycles. The first-order valence-electron chi connectivity index (χ1n) is 13.1. The third kappa shape index (κ3) is 4.94. The number of hydrogen-bond donors (Lipinski definition) is 2. The first kappa shape index (κ1) is 25.0. The number of piperazine rings is 1. The fourth-order valence-electron chi connectivity index (χ4n) is 5.65. The number of ether oxygens (including phenoxy) is 2. The number of aromatic nitrogens is 3. The molecule has 39 heavy (non-hydrogen) atoms. The van der Waals surface area contributed by atoms with Crippen LogP contribution in [0.25, 0.3) is 5.57 Å². The second kappa shape index (κ2) is 10.8. The lowest BCUT2D eigenvalue weighted by molar-refractivity contribution is -0.00879. The molecule has 0 aliphatic carbocycles. The average Bonchev–Trinajstić information content (AvgIpc) is 3.01. The van der Waals surface area contributed by atoms with Crippen molar-refractivity contribution < 1.29 is 9.47 Å². The highest BCUT2D eigenvalue weighted by Gasteiger charge is 2.44. The Morgan fingerprint density at radius 1 is 1.23 bits per heavy atom. The maximum Gasteiger partial charge on any atom is 0.212 e. The van der Waals surface area contributed by atoms with Gasteiger partial charge in [-0.05, 0) is 35.6 Å². The molecule has 0 amide bonds. The summed E-state index contributed by atoms with van der Waals surface area (Å²) in [6, 6.07) is 7.04. The summed E-state index contributed by atoms with van der Waals surface area (Å²) in [7, 11) is 1.63. The quantitative estimate of drug-likeness (QED) is 0.417. The number of piperidine rings is 1. The van der Waals surface area contributed by atoms with Crippen LogP contribution in [-0.2, 0) is 11.3 Å². The van der Waals surface area contributed by atoms with Gasteiger partial charge in [0.15, 0.2) is 0 Å². The van der Waals surface area contributed by atoms with Crippen LogP contribution in [0.1, 0.15) is 24.1 Å². The zero-order chi connectivity index (χ0) is 26.8. The van der Waals surface area contributed by atoms with Crippen LogP contribution in [0.5, 0.6) is 5.88 Å². The van der Waals surface area contributed by atoms with Gasteiger partial charge in [0, 0.05) is 62.0 Å². The van der Waals surface area contributed by atoms with E-state index >= 15 is 0 Å². The van der Waals surface area contributed by atoms with Crippen molar-refractivity contribution in [1.82, 2.24) is 25.2 Å². The Bertz CT molecular complexity index is 1410. The number of rotatable bonds is 7. The van der Waals surface area contributed by atoms with Gasteiger partial charge in [0.05, 0.1) is 49.7 Å². The van der Waals surface area contributed by atoms with Crippen LogP contribution < -0.4 is 15.0 Å². The maximum absolute atomic E-state index is 9.61. The molecule has 10 heteroatoms. The fourth-order valence-corrected chi connectivity index (χ4v) is 5.65. The fraction of sp³-hybridized carbons (Fsp3) is 0.345. The van der Waals surface area contributed by atoms with E-state index in [4.69, 9.17) is 24.9 Å². The van der Waals surface area contributed by atoms with Gasteiger partial charge in [0.2, 0.25) is 5.88 Å². The zero-order valence-corrected chi connectivity index (χ0v) is 21.8. The van der Waals surface area contributed by atoms with Crippen molar-refractivity contribution in [2.75, 3.05) is 38.3 Å². The van der Waals surface area contributed by atoms with E-state index in [-0.39, 0.29) is 5.57 Å². The van der Waals surface area contributed by atoms with Crippen LogP contribution in [0.15, 0.2) is 71.5 Å². The predicted molar refractivity (Wildman–Crippen MR) is 147 cm³/mol. The van der Waals surface area contributed by atoms with Gasteiger partial charge in [-0.25, -0.2) is 9.97 Å². The zero-order valence-electron chi connectivity index (χ0n) is 21.8. The SMILES string of the molecule is COc1ccc(CN2C3CC2CN(c2cnc(C4=CC(C5=CCOCC5)=CN/C4=C(/C#N)C=N)cn2)C3)cn1. The smallest absolute Gasteiger partial charge is 0.212 e. The van der Waals surface area contributed by atoms with Crippen molar-refractivity contribution >= 4 is 17.6 Å². The summed E-state index contributed by atoms with van der Waals surface area (Å²) in [4.78, 5) is 18.7. The number of nitriles is 1. The van der Waals surface area contributed by atoms with Gasteiger partial charge in [-0.15, -0.1) is 0 Å². The van der Waals surface area contributed by atoms with Gasteiger partial charge in [-0.1, -0.05) is 12.1 Å². The lowest BCUT2D eigenvalue weighted by atomic mass is 9.87. The number of hydrogen-bond acceptors (Lipinski definition) is 10. The summed E-state index contributed by atoms with van der Waals surface area (Å²) < 4.78 is 10.6. The molecule has 3 fully saturated rings.